The molecule has 6 nitrogen and oxygen atoms in total. The Bertz CT molecular complexity index is 551. The number of hydrogen-bond acceptors (Lipinski definition) is 4. The summed E-state index contributed by atoms with van der Waals surface area (Å²) < 4.78 is 0. The Balaban J connectivity index is 1.45. The second-order valence-electron chi connectivity index (χ2n) is 7.37. The van der Waals surface area contributed by atoms with Gasteiger partial charge in [-0.15, -0.1) is 0 Å². The number of amides is 2. The van der Waals surface area contributed by atoms with Gasteiger partial charge in [0.25, 0.3) is 0 Å². The van der Waals surface area contributed by atoms with Gasteiger partial charge in [0, 0.05) is 39.4 Å². The number of aliphatic hydroxyl groups excluding tert-OH is 1. The Labute approximate surface area is 150 Å². The molecule has 2 fully saturated rings. The first-order valence-electron chi connectivity index (χ1n) is 9.50. The lowest BCUT2D eigenvalue weighted by atomic mass is 10.2. The van der Waals surface area contributed by atoms with Gasteiger partial charge in [-0.25, -0.2) is 9.78 Å². The number of urea groups is 1. The van der Waals surface area contributed by atoms with Crippen LogP contribution in [0.25, 0.3) is 0 Å². The van der Waals surface area contributed by atoms with Gasteiger partial charge in [-0.2, -0.15) is 0 Å². The maximum atomic E-state index is 12.1. The van der Waals surface area contributed by atoms with Crippen LogP contribution in [0.4, 0.5) is 10.6 Å². The third-order valence-electron chi connectivity index (χ3n) is 5.16. The average Bonchev–Trinajstić information content (AvgIpc) is 3.46. The number of aromatic nitrogens is 1. The van der Waals surface area contributed by atoms with E-state index in [1.165, 1.54) is 25.7 Å². The SMILES string of the molecule is CN(C[C@@H](O)C1CC1)C(=O)NCc1ccc(N2CCCCCC2)nc1. The summed E-state index contributed by atoms with van der Waals surface area (Å²) in [4.78, 5) is 20.6. The molecular weight excluding hydrogens is 316 g/mol. The fraction of sp³-hybridized carbons (Fsp3) is 0.684. The zero-order chi connectivity index (χ0) is 17.6. The molecule has 2 N–H and O–H groups in total. The normalized spacial score (nSPS) is 19.2. The molecule has 0 unspecified atom stereocenters. The van der Waals surface area contributed by atoms with Gasteiger partial charge >= 0.3 is 6.03 Å². The van der Waals surface area contributed by atoms with Crippen LogP contribution in [0.5, 0.6) is 0 Å². The highest BCUT2D eigenvalue weighted by Crippen LogP contribution is 2.32. The first kappa shape index (κ1) is 18.0. The largest absolute Gasteiger partial charge is 0.391 e. The van der Waals surface area contributed by atoms with Crippen LogP contribution in [-0.2, 0) is 6.54 Å². The van der Waals surface area contributed by atoms with E-state index < -0.39 is 6.10 Å². The van der Waals surface area contributed by atoms with Crippen LogP contribution in [0, 0.1) is 5.92 Å². The number of anilines is 1. The molecule has 1 aromatic heterocycles. The molecule has 0 spiro atoms. The van der Waals surface area contributed by atoms with Gasteiger partial charge in [0.1, 0.15) is 5.82 Å². The third kappa shape index (κ3) is 5.33. The van der Waals surface area contributed by atoms with Crippen molar-refractivity contribution in [1.82, 2.24) is 15.2 Å². The molecule has 1 saturated heterocycles. The number of hydrogen-bond donors (Lipinski definition) is 2. The molecule has 6 heteroatoms. The smallest absolute Gasteiger partial charge is 0.317 e. The number of nitrogens with one attached hydrogen (secondary N) is 1. The number of pyridine rings is 1. The molecule has 25 heavy (non-hydrogen) atoms. The summed E-state index contributed by atoms with van der Waals surface area (Å²) in [6.07, 6.45) is 8.69. The minimum Gasteiger partial charge on any atom is -0.391 e. The summed E-state index contributed by atoms with van der Waals surface area (Å²) in [6, 6.07) is 3.93. The van der Waals surface area contributed by atoms with Gasteiger partial charge in [0.15, 0.2) is 0 Å². The number of carbonyl (C=O) groups is 1. The number of aliphatic hydroxyl groups is 1. The van der Waals surface area contributed by atoms with Crippen molar-refractivity contribution >= 4 is 11.8 Å². The summed E-state index contributed by atoms with van der Waals surface area (Å²) >= 11 is 0. The molecule has 3 rings (SSSR count). The van der Waals surface area contributed by atoms with Crippen LogP contribution >= 0.6 is 0 Å². The van der Waals surface area contributed by atoms with Crippen LogP contribution in [0.1, 0.15) is 44.1 Å². The summed E-state index contributed by atoms with van der Waals surface area (Å²) in [5.74, 6) is 1.41. The van der Waals surface area contributed by atoms with E-state index in [0.29, 0.717) is 19.0 Å². The van der Waals surface area contributed by atoms with Crippen molar-refractivity contribution in [3.05, 3.63) is 23.9 Å². The number of rotatable bonds is 6. The molecule has 1 atom stereocenters. The highest BCUT2D eigenvalue weighted by molar-refractivity contribution is 5.73. The highest BCUT2D eigenvalue weighted by atomic mass is 16.3. The number of nitrogens with zero attached hydrogens (tertiary/aromatic N) is 3. The zero-order valence-corrected chi connectivity index (χ0v) is 15.2. The van der Waals surface area contributed by atoms with E-state index in [1.54, 1.807) is 11.9 Å². The van der Waals surface area contributed by atoms with E-state index in [1.807, 2.05) is 18.3 Å². The van der Waals surface area contributed by atoms with Crippen LogP contribution in [0.15, 0.2) is 18.3 Å². The van der Waals surface area contributed by atoms with Crippen molar-refractivity contribution in [3.8, 4) is 0 Å². The minimum absolute atomic E-state index is 0.156. The molecular formula is C19H30N4O2. The molecule has 1 saturated carbocycles. The van der Waals surface area contributed by atoms with Gasteiger partial charge in [-0.1, -0.05) is 18.9 Å². The summed E-state index contributed by atoms with van der Waals surface area (Å²) in [5.41, 5.74) is 0.989. The van der Waals surface area contributed by atoms with Gasteiger partial charge < -0.3 is 20.2 Å². The van der Waals surface area contributed by atoms with Gasteiger partial charge in [-0.05, 0) is 43.2 Å². The molecule has 0 radical (unpaired) electrons. The lowest BCUT2D eigenvalue weighted by molar-refractivity contribution is 0.113. The van der Waals surface area contributed by atoms with Crippen molar-refractivity contribution in [2.75, 3.05) is 31.6 Å². The summed E-state index contributed by atoms with van der Waals surface area (Å²) in [5, 5.41) is 12.8. The molecule has 2 heterocycles. The minimum atomic E-state index is -0.398. The fourth-order valence-corrected chi connectivity index (χ4v) is 3.31. The first-order valence-corrected chi connectivity index (χ1v) is 9.50. The van der Waals surface area contributed by atoms with E-state index in [4.69, 9.17) is 0 Å². The fourth-order valence-electron chi connectivity index (χ4n) is 3.31. The van der Waals surface area contributed by atoms with Crippen LogP contribution in [0.3, 0.4) is 0 Å². The van der Waals surface area contributed by atoms with Gasteiger partial charge in [0.05, 0.1) is 6.10 Å². The highest BCUT2D eigenvalue weighted by Gasteiger charge is 2.31. The van der Waals surface area contributed by atoms with E-state index in [-0.39, 0.29) is 6.03 Å². The molecule has 0 bridgehead atoms. The Hall–Kier alpha value is -1.82. The van der Waals surface area contributed by atoms with Crippen molar-refractivity contribution < 1.29 is 9.90 Å². The predicted molar refractivity (Wildman–Crippen MR) is 98.5 cm³/mol. The zero-order valence-electron chi connectivity index (χ0n) is 15.2. The van der Waals surface area contributed by atoms with Crippen LogP contribution < -0.4 is 10.2 Å². The van der Waals surface area contributed by atoms with E-state index in [0.717, 1.165) is 37.3 Å². The Morgan fingerprint density at radius 1 is 1.32 bits per heavy atom. The second kappa shape index (κ2) is 8.52. The number of carbonyl (C=O) groups excluding carboxylic acids is 1. The lowest BCUT2D eigenvalue weighted by Gasteiger charge is -2.22. The van der Waals surface area contributed by atoms with E-state index >= 15 is 0 Å². The standard InChI is InChI=1S/C19H30N4O2/c1-22(14-17(24)16-7-8-16)19(25)21-13-15-6-9-18(20-12-15)23-10-4-2-3-5-11-23/h6,9,12,16-17,24H,2-5,7-8,10-11,13-14H2,1H3,(H,21,25)/t17-/m1/s1. The average molecular weight is 346 g/mol. The van der Waals surface area contributed by atoms with Crippen molar-refractivity contribution in [3.63, 3.8) is 0 Å². The first-order chi connectivity index (χ1) is 12.1. The Morgan fingerprint density at radius 3 is 2.64 bits per heavy atom. The summed E-state index contributed by atoms with van der Waals surface area (Å²) in [6.45, 7) is 3.01. The summed E-state index contributed by atoms with van der Waals surface area (Å²) in [7, 11) is 1.72. The Kier molecular flexibility index (Phi) is 6.13. The van der Waals surface area contributed by atoms with Crippen molar-refractivity contribution in [1.29, 1.82) is 0 Å². The van der Waals surface area contributed by atoms with Crippen molar-refractivity contribution in [2.24, 2.45) is 5.92 Å². The van der Waals surface area contributed by atoms with Crippen LogP contribution in [-0.4, -0.2) is 53.8 Å². The Morgan fingerprint density at radius 2 is 2.04 bits per heavy atom. The van der Waals surface area contributed by atoms with E-state index in [9.17, 15) is 9.90 Å². The van der Waals surface area contributed by atoms with E-state index in [2.05, 4.69) is 15.2 Å². The topological polar surface area (TPSA) is 68.7 Å². The molecule has 1 aliphatic heterocycles. The second-order valence-corrected chi connectivity index (χ2v) is 7.37. The third-order valence-corrected chi connectivity index (χ3v) is 5.16. The molecule has 2 aliphatic rings. The molecule has 1 aromatic rings. The van der Waals surface area contributed by atoms with Crippen molar-refractivity contribution in [2.45, 2.75) is 51.2 Å². The van der Waals surface area contributed by atoms with Gasteiger partial charge in [-0.3, -0.25) is 0 Å². The van der Waals surface area contributed by atoms with Gasteiger partial charge in [0.2, 0.25) is 0 Å². The molecule has 138 valence electrons. The molecule has 0 aromatic carbocycles. The maximum absolute atomic E-state index is 12.1. The number of likely N-dealkylation sites (N-methyl/N-ethyl adjacent to an activating group) is 1. The lowest BCUT2D eigenvalue weighted by Crippen LogP contribution is -2.41. The molecule has 1 aliphatic carbocycles. The van der Waals surface area contributed by atoms with Crippen LogP contribution in [0.2, 0.25) is 0 Å². The molecule has 2 amide bonds. The predicted octanol–water partition coefficient (Wildman–Crippen LogP) is 2.37. The monoisotopic (exact) mass is 346 g/mol. The maximum Gasteiger partial charge on any atom is 0.317 e. The quantitative estimate of drug-likeness (QED) is 0.830.